The molecule has 2 unspecified atom stereocenters. The first-order valence-corrected chi connectivity index (χ1v) is 10.2. The average Bonchev–Trinajstić information content (AvgIpc) is 3.04. The number of carbonyl (C=O) groups is 1. The second-order valence-electron chi connectivity index (χ2n) is 7.86. The van der Waals surface area contributed by atoms with Crippen LogP contribution in [0.3, 0.4) is 0 Å². The van der Waals surface area contributed by atoms with Crippen molar-refractivity contribution in [1.29, 1.82) is 0 Å². The molecule has 2 saturated heterocycles. The Morgan fingerprint density at radius 3 is 2.38 bits per heavy atom. The minimum atomic E-state index is -2.93. The topological polar surface area (TPSA) is 43.8 Å². The normalized spacial score (nSPS) is 24.8. The smallest absolute Gasteiger partial charge is 0.267 e. The molecule has 4 rings (SSSR count). The molecule has 0 bridgehead atoms. The van der Waals surface area contributed by atoms with Crippen molar-refractivity contribution in [2.75, 3.05) is 19.6 Å². The number of likely N-dealkylation sites (tertiary alicyclic amines) is 2. The van der Waals surface area contributed by atoms with Crippen molar-refractivity contribution in [2.45, 2.75) is 37.3 Å². The van der Waals surface area contributed by atoms with Gasteiger partial charge in [-0.25, -0.2) is 8.78 Å². The van der Waals surface area contributed by atoms with Crippen LogP contribution in [0.15, 0.2) is 48.5 Å². The Kier molecular flexibility index (Phi) is 5.49. The second kappa shape index (κ2) is 7.92. The fourth-order valence-electron chi connectivity index (χ4n) is 4.38. The van der Waals surface area contributed by atoms with Gasteiger partial charge in [0.1, 0.15) is 5.75 Å². The van der Waals surface area contributed by atoms with Crippen LogP contribution < -0.4 is 0 Å². The largest absolute Gasteiger partial charge is 0.508 e. The molecule has 2 heterocycles. The lowest BCUT2D eigenvalue weighted by Gasteiger charge is -2.40. The van der Waals surface area contributed by atoms with Gasteiger partial charge >= 0.3 is 0 Å². The van der Waals surface area contributed by atoms with E-state index in [9.17, 15) is 18.7 Å². The van der Waals surface area contributed by atoms with Gasteiger partial charge in [0.15, 0.2) is 0 Å². The van der Waals surface area contributed by atoms with Gasteiger partial charge in [-0.05, 0) is 54.8 Å². The lowest BCUT2D eigenvalue weighted by Crippen LogP contribution is -2.53. The number of hydrogen-bond donors (Lipinski definition) is 1. The maximum atomic E-state index is 14.9. The summed E-state index contributed by atoms with van der Waals surface area (Å²) in [6.45, 7) is 1.05. The van der Waals surface area contributed by atoms with Gasteiger partial charge < -0.3 is 10.0 Å². The standard InChI is InChI=1S/C22H23ClF2N2O2/c23-17-5-1-15(2-6-17)13-26-12-10-20(21(26)29)27-11-9-19(22(24,25)14-27)16-3-7-18(28)8-4-16/h1-8,19-20,28H,9-14H2. The van der Waals surface area contributed by atoms with Crippen LogP contribution in [-0.2, 0) is 11.3 Å². The zero-order chi connectivity index (χ0) is 20.6. The predicted octanol–water partition coefficient (Wildman–Crippen LogP) is 4.27. The number of halogens is 3. The Morgan fingerprint density at radius 1 is 1.03 bits per heavy atom. The summed E-state index contributed by atoms with van der Waals surface area (Å²) in [5.41, 5.74) is 1.49. The van der Waals surface area contributed by atoms with E-state index in [0.717, 1.165) is 5.56 Å². The fourth-order valence-corrected chi connectivity index (χ4v) is 4.50. The van der Waals surface area contributed by atoms with Gasteiger partial charge in [0.2, 0.25) is 5.91 Å². The van der Waals surface area contributed by atoms with Crippen LogP contribution in [0, 0.1) is 0 Å². The zero-order valence-corrected chi connectivity index (χ0v) is 16.7. The average molecular weight is 421 g/mol. The molecule has 2 aromatic rings. The summed E-state index contributed by atoms with van der Waals surface area (Å²) in [5.74, 6) is -3.86. The van der Waals surface area contributed by atoms with Gasteiger partial charge in [-0.1, -0.05) is 35.9 Å². The highest BCUT2D eigenvalue weighted by Gasteiger charge is 2.49. The maximum absolute atomic E-state index is 14.9. The Labute approximate surface area is 173 Å². The third-order valence-corrected chi connectivity index (χ3v) is 6.17. The van der Waals surface area contributed by atoms with Crippen molar-refractivity contribution in [3.05, 3.63) is 64.7 Å². The number of piperidine rings is 1. The Hall–Kier alpha value is -2.18. The number of phenolic OH excluding ortho intramolecular Hbond substituents is 1. The first-order valence-electron chi connectivity index (χ1n) is 9.77. The number of nitrogens with zero attached hydrogens (tertiary/aromatic N) is 2. The van der Waals surface area contributed by atoms with Gasteiger partial charge in [-0.2, -0.15) is 0 Å². The highest BCUT2D eigenvalue weighted by atomic mass is 35.5. The molecular weight excluding hydrogens is 398 g/mol. The van der Waals surface area contributed by atoms with Crippen molar-refractivity contribution >= 4 is 17.5 Å². The molecule has 154 valence electrons. The van der Waals surface area contributed by atoms with Crippen molar-refractivity contribution < 1.29 is 18.7 Å². The molecule has 2 aromatic carbocycles. The van der Waals surface area contributed by atoms with Crippen LogP contribution in [0.5, 0.6) is 5.75 Å². The molecule has 0 saturated carbocycles. The molecule has 29 heavy (non-hydrogen) atoms. The number of hydrogen-bond acceptors (Lipinski definition) is 3. The number of carbonyl (C=O) groups excluding carboxylic acids is 1. The van der Waals surface area contributed by atoms with E-state index in [1.165, 1.54) is 12.1 Å². The van der Waals surface area contributed by atoms with E-state index >= 15 is 0 Å². The molecule has 1 N–H and O–H groups in total. The SMILES string of the molecule is O=C1C(N2CCC(c3ccc(O)cc3)C(F)(F)C2)CCN1Cc1ccc(Cl)cc1. The van der Waals surface area contributed by atoms with Crippen molar-refractivity contribution in [3.8, 4) is 5.75 Å². The van der Waals surface area contributed by atoms with Crippen LogP contribution >= 0.6 is 11.6 Å². The van der Waals surface area contributed by atoms with Crippen molar-refractivity contribution in [2.24, 2.45) is 0 Å². The van der Waals surface area contributed by atoms with Crippen LogP contribution in [0.1, 0.15) is 29.9 Å². The summed E-state index contributed by atoms with van der Waals surface area (Å²) in [4.78, 5) is 16.2. The first kappa shape index (κ1) is 20.1. The predicted molar refractivity (Wildman–Crippen MR) is 107 cm³/mol. The Balaban J connectivity index is 1.41. The molecule has 0 aliphatic carbocycles. The van der Waals surface area contributed by atoms with E-state index in [1.807, 2.05) is 12.1 Å². The summed E-state index contributed by atoms with van der Waals surface area (Å²) >= 11 is 5.90. The monoisotopic (exact) mass is 420 g/mol. The van der Waals surface area contributed by atoms with E-state index in [4.69, 9.17) is 11.6 Å². The lowest BCUT2D eigenvalue weighted by atomic mass is 9.85. The van der Waals surface area contributed by atoms with E-state index in [0.29, 0.717) is 36.6 Å². The lowest BCUT2D eigenvalue weighted by molar-refractivity contribution is -0.137. The minimum Gasteiger partial charge on any atom is -0.508 e. The molecule has 1 amide bonds. The van der Waals surface area contributed by atoms with E-state index < -0.39 is 24.4 Å². The summed E-state index contributed by atoms with van der Waals surface area (Å²) in [6, 6.07) is 12.8. The molecule has 0 radical (unpaired) electrons. The zero-order valence-electron chi connectivity index (χ0n) is 15.9. The quantitative estimate of drug-likeness (QED) is 0.803. The molecule has 0 spiro atoms. The third-order valence-electron chi connectivity index (χ3n) is 5.92. The number of phenols is 1. The van der Waals surface area contributed by atoms with E-state index in [-0.39, 0.29) is 18.1 Å². The first-order chi connectivity index (χ1) is 13.8. The number of amides is 1. The van der Waals surface area contributed by atoms with Crippen LogP contribution in [-0.4, -0.2) is 52.4 Å². The van der Waals surface area contributed by atoms with Crippen LogP contribution in [0.4, 0.5) is 8.78 Å². The maximum Gasteiger partial charge on any atom is 0.267 e. The van der Waals surface area contributed by atoms with E-state index in [2.05, 4.69) is 0 Å². The highest BCUT2D eigenvalue weighted by molar-refractivity contribution is 6.30. The molecule has 2 aliphatic rings. The molecular formula is C22H23ClF2N2O2. The van der Waals surface area contributed by atoms with Crippen LogP contribution in [0.25, 0.3) is 0 Å². The summed E-state index contributed by atoms with van der Waals surface area (Å²) in [7, 11) is 0. The molecule has 2 atom stereocenters. The van der Waals surface area contributed by atoms with Crippen molar-refractivity contribution in [3.63, 3.8) is 0 Å². The van der Waals surface area contributed by atoms with E-state index in [1.54, 1.807) is 34.1 Å². The summed E-state index contributed by atoms with van der Waals surface area (Å²) < 4.78 is 29.9. The second-order valence-corrected chi connectivity index (χ2v) is 8.29. The third kappa shape index (κ3) is 4.23. The van der Waals surface area contributed by atoms with Gasteiger partial charge in [0.05, 0.1) is 18.5 Å². The molecule has 2 aliphatic heterocycles. The number of aromatic hydroxyl groups is 1. The van der Waals surface area contributed by atoms with Gasteiger partial charge in [0.25, 0.3) is 5.92 Å². The number of alkyl halides is 2. The summed E-state index contributed by atoms with van der Waals surface area (Å²) in [6.07, 6.45) is 0.838. The van der Waals surface area contributed by atoms with Gasteiger partial charge in [0, 0.05) is 18.1 Å². The van der Waals surface area contributed by atoms with Crippen molar-refractivity contribution in [1.82, 2.24) is 9.80 Å². The molecule has 7 heteroatoms. The molecule has 0 aromatic heterocycles. The summed E-state index contributed by atoms with van der Waals surface area (Å²) in [5, 5.41) is 10.0. The molecule has 2 fully saturated rings. The fraction of sp³-hybridized carbons (Fsp3) is 0.409. The van der Waals surface area contributed by atoms with Gasteiger partial charge in [-0.15, -0.1) is 0 Å². The Morgan fingerprint density at radius 2 is 1.72 bits per heavy atom. The van der Waals surface area contributed by atoms with Crippen LogP contribution in [0.2, 0.25) is 5.02 Å². The molecule has 4 nitrogen and oxygen atoms in total. The number of benzene rings is 2. The highest BCUT2D eigenvalue weighted by Crippen LogP contribution is 2.42. The van der Waals surface area contributed by atoms with Gasteiger partial charge in [-0.3, -0.25) is 9.69 Å². The number of rotatable bonds is 4. The minimum absolute atomic E-state index is 0.0619. The Bertz CT molecular complexity index is 873.